The Morgan fingerprint density at radius 2 is 1.91 bits per heavy atom. The van der Waals surface area contributed by atoms with E-state index in [4.69, 9.17) is 4.74 Å². The number of ether oxygens (including phenoxy) is 1. The topological polar surface area (TPSA) is 55.4 Å². The quantitative estimate of drug-likeness (QED) is 0.884. The van der Waals surface area contributed by atoms with Crippen LogP contribution in [0.3, 0.4) is 0 Å². The summed E-state index contributed by atoms with van der Waals surface area (Å²) in [5.41, 5.74) is 1.66. The zero-order valence-corrected chi connectivity index (χ0v) is 11.7. The molecule has 2 aromatic carbocycles. The van der Waals surface area contributed by atoms with Crippen molar-refractivity contribution >= 4 is 11.9 Å². The molecule has 0 aromatic heterocycles. The molecular formula is C17H14FNO3. The van der Waals surface area contributed by atoms with Crippen LogP contribution in [0.1, 0.15) is 21.5 Å². The summed E-state index contributed by atoms with van der Waals surface area (Å²) in [7, 11) is 0. The van der Waals surface area contributed by atoms with Crippen LogP contribution in [-0.2, 0) is 22.5 Å². The van der Waals surface area contributed by atoms with Crippen molar-refractivity contribution in [3.8, 4) is 0 Å². The van der Waals surface area contributed by atoms with Crippen LogP contribution in [0.4, 0.5) is 4.39 Å². The van der Waals surface area contributed by atoms with E-state index in [0.717, 1.165) is 5.56 Å². The third-order valence-electron chi connectivity index (χ3n) is 3.60. The Kier molecular flexibility index (Phi) is 3.87. The molecule has 4 nitrogen and oxygen atoms in total. The maximum Gasteiger partial charge on any atom is 0.339 e. The maximum absolute atomic E-state index is 13.5. The van der Waals surface area contributed by atoms with Crippen LogP contribution in [0.25, 0.3) is 0 Å². The average molecular weight is 299 g/mol. The Bertz CT molecular complexity index is 729. The molecule has 1 heterocycles. The van der Waals surface area contributed by atoms with E-state index in [1.165, 1.54) is 6.07 Å². The molecule has 5 heteroatoms. The number of carbonyl (C=O) groups excluding carboxylic acids is 2. The first-order chi connectivity index (χ1) is 10.6. The first kappa shape index (κ1) is 14.3. The molecule has 0 fully saturated rings. The lowest BCUT2D eigenvalue weighted by Gasteiger charge is -2.23. The van der Waals surface area contributed by atoms with Crippen molar-refractivity contribution in [1.29, 1.82) is 0 Å². The molecule has 0 aliphatic carbocycles. The Balaban J connectivity index is 1.67. The molecule has 1 amide bonds. The molecular weight excluding hydrogens is 285 g/mol. The van der Waals surface area contributed by atoms with Crippen molar-refractivity contribution in [2.75, 3.05) is 0 Å². The molecule has 1 N–H and O–H groups in total. The summed E-state index contributed by atoms with van der Waals surface area (Å²) >= 11 is 0. The fourth-order valence-corrected chi connectivity index (χ4v) is 2.42. The highest BCUT2D eigenvalue weighted by atomic mass is 19.1. The minimum absolute atomic E-state index is 0.0567. The van der Waals surface area contributed by atoms with Crippen molar-refractivity contribution < 1.29 is 18.7 Å². The summed E-state index contributed by atoms with van der Waals surface area (Å²) in [6.45, 7) is 0.0567. The average Bonchev–Trinajstić information content (AvgIpc) is 2.54. The highest BCUT2D eigenvalue weighted by Crippen LogP contribution is 2.20. The van der Waals surface area contributed by atoms with Gasteiger partial charge in [-0.25, -0.2) is 9.18 Å². The summed E-state index contributed by atoms with van der Waals surface area (Å²) in [5, 5.41) is 2.60. The standard InChI is InChI=1S/C17H14FNO3/c18-14-8-4-2-6-12(14)10-19-16(20)15-9-11-5-1-3-7-13(11)17(21)22-15/h1-8,15H,9-10H2,(H,19,20)/t15-/m0/s1. The third kappa shape index (κ3) is 2.83. The normalized spacial score (nSPS) is 16.6. The van der Waals surface area contributed by atoms with Gasteiger partial charge < -0.3 is 10.1 Å². The third-order valence-corrected chi connectivity index (χ3v) is 3.60. The fourth-order valence-electron chi connectivity index (χ4n) is 2.42. The minimum Gasteiger partial charge on any atom is -0.448 e. The zero-order chi connectivity index (χ0) is 15.5. The largest absolute Gasteiger partial charge is 0.448 e. The second-order valence-electron chi connectivity index (χ2n) is 5.06. The SMILES string of the molecule is O=C1O[C@H](C(=O)NCc2ccccc2F)Cc2ccccc21. The van der Waals surface area contributed by atoms with Gasteiger partial charge in [0.05, 0.1) is 5.56 Å². The first-order valence-electron chi connectivity index (χ1n) is 6.95. The van der Waals surface area contributed by atoms with E-state index in [2.05, 4.69) is 5.32 Å². The Morgan fingerprint density at radius 1 is 1.18 bits per heavy atom. The van der Waals surface area contributed by atoms with Gasteiger partial charge in [-0.2, -0.15) is 0 Å². The lowest BCUT2D eigenvalue weighted by atomic mass is 9.98. The van der Waals surface area contributed by atoms with Gasteiger partial charge in [0.1, 0.15) is 5.82 Å². The predicted octanol–water partition coefficient (Wildman–Crippen LogP) is 2.22. The van der Waals surface area contributed by atoms with Gasteiger partial charge >= 0.3 is 5.97 Å². The van der Waals surface area contributed by atoms with Crippen LogP contribution in [0, 0.1) is 5.82 Å². The van der Waals surface area contributed by atoms with Crippen molar-refractivity contribution in [3.63, 3.8) is 0 Å². The second-order valence-corrected chi connectivity index (χ2v) is 5.06. The molecule has 0 bridgehead atoms. The molecule has 0 spiro atoms. The monoisotopic (exact) mass is 299 g/mol. The van der Waals surface area contributed by atoms with Gasteiger partial charge in [-0.3, -0.25) is 4.79 Å². The molecule has 3 rings (SSSR count). The molecule has 112 valence electrons. The lowest BCUT2D eigenvalue weighted by molar-refractivity contribution is -0.130. The summed E-state index contributed by atoms with van der Waals surface area (Å²) in [4.78, 5) is 24.0. The number of halogens is 1. The van der Waals surface area contributed by atoms with E-state index in [-0.39, 0.29) is 12.4 Å². The number of fused-ring (bicyclic) bond motifs is 1. The summed E-state index contributed by atoms with van der Waals surface area (Å²) in [5.74, 6) is -1.31. The number of esters is 1. The summed E-state index contributed by atoms with van der Waals surface area (Å²) < 4.78 is 18.7. The van der Waals surface area contributed by atoms with E-state index in [0.29, 0.717) is 17.5 Å². The van der Waals surface area contributed by atoms with Gasteiger partial charge in [-0.15, -0.1) is 0 Å². The van der Waals surface area contributed by atoms with Gasteiger partial charge in [0.2, 0.25) is 0 Å². The smallest absolute Gasteiger partial charge is 0.339 e. The predicted molar refractivity (Wildman–Crippen MR) is 77.6 cm³/mol. The van der Waals surface area contributed by atoms with Gasteiger partial charge in [-0.05, 0) is 17.7 Å². The number of benzene rings is 2. The van der Waals surface area contributed by atoms with Crippen molar-refractivity contribution in [2.45, 2.75) is 19.1 Å². The van der Waals surface area contributed by atoms with Gasteiger partial charge in [0.15, 0.2) is 6.10 Å². The minimum atomic E-state index is -0.880. The van der Waals surface area contributed by atoms with Gasteiger partial charge in [0, 0.05) is 18.5 Å². The maximum atomic E-state index is 13.5. The van der Waals surface area contributed by atoms with Gasteiger partial charge in [-0.1, -0.05) is 36.4 Å². The van der Waals surface area contributed by atoms with E-state index >= 15 is 0 Å². The molecule has 0 radical (unpaired) electrons. The molecule has 22 heavy (non-hydrogen) atoms. The number of hydrogen-bond donors (Lipinski definition) is 1. The van der Waals surface area contributed by atoms with E-state index < -0.39 is 18.0 Å². The van der Waals surface area contributed by atoms with Crippen molar-refractivity contribution in [2.24, 2.45) is 0 Å². The van der Waals surface area contributed by atoms with Crippen LogP contribution < -0.4 is 5.32 Å². The van der Waals surface area contributed by atoms with Crippen LogP contribution in [0.2, 0.25) is 0 Å². The Morgan fingerprint density at radius 3 is 2.73 bits per heavy atom. The highest BCUT2D eigenvalue weighted by Gasteiger charge is 2.30. The zero-order valence-electron chi connectivity index (χ0n) is 11.7. The van der Waals surface area contributed by atoms with Crippen LogP contribution in [0.15, 0.2) is 48.5 Å². The van der Waals surface area contributed by atoms with Gasteiger partial charge in [0.25, 0.3) is 5.91 Å². The number of hydrogen-bond acceptors (Lipinski definition) is 3. The molecule has 1 aliphatic rings. The summed E-state index contributed by atoms with van der Waals surface area (Å²) in [6, 6.07) is 13.2. The Hall–Kier alpha value is -2.69. The highest BCUT2D eigenvalue weighted by molar-refractivity contribution is 5.95. The molecule has 0 saturated carbocycles. The van der Waals surface area contributed by atoms with Crippen LogP contribution in [0.5, 0.6) is 0 Å². The number of nitrogens with one attached hydrogen (secondary N) is 1. The van der Waals surface area contributed by atoms with E-state index in [1.807, 2.05) is 6.07 Å². The number of cyclic esters (lactones) is 1. The molecule has 0 unspecified atom stereocenters. The van der Waals surface area contributed by atoms with Crippen LogP contribution in [-0.4, -0.2) is 18.0 Å². The first-order valence-corrected chi connectivity index (χ1v) is 6.95. The van der Waals surface area contributed by atoms with E-state index in [9.17, 15) is 14.0 Å². The molecule has 1 atom stereocenters. The number of amides is 1. The van der Waals surface area contributed by atoms with Crippen LogP contribution >= 0.6 is 0 Å². The molecule has 0 saturated heterocycles. The van der Waals surface area contributed by atoms with E-state index in [1.54, 1.807) is 36.4 Å². The number of carbonyl (C=O) groups is 2. The molecule has 2 aromatic rings. The second kappa shape index (κ2) is 5.97. The Labute approximate surface area is 126 Å². The summed E-state index contributed by atoms with van der Waals surface area (Å²) in [6.07, 6.45) is -0.556. The number of rotatable bonds is 3. The lowest BCUT2D eigenvalue weighted by Crippen LogP contribution is -2.41. The fraction of sp³-hybridized carbons (Fsp3) is 0.176. The van der Waals surface area contributed by atoms with Crippen molar-refractivity contribution in [1.82, 2.24) is 5.32 Å². The molecule has 1 aliphatic heterocycles. The van der Waals surface area contributed by atoms with Crippen molar-refractivity contribution in [3.05, 3.63) is 71.0 Å².